The van der Waals surface area contributed by atoms with Crippen LogP contribution in [0.2, 0.25) is 0 Å². The van der Waals surface area contributed by atoms with Crippen LogP contribution in [0.1, 0.15) is 20.3 Å². The van der Waals surface area contributed by atoms with E-state index in [-0.39, 0.29) is 0 Å². The quantitative estimate of drug-likeness (QED) is 0.554. The lowest BCUT2D eigenvalue weighted by molar-refractivity contribution is 0.636. The van der Waals surface area contributed by atoms with Gasteiger partial charge < -0.3 is 5.32 Å². The zero-order chi connectivity index (χ0) is 6.85. The molecule has 1 aliphatic rings. The summed E-state index contributed by atoms with van der Waals surface area (Å²) >= 11 is 2.31. The van der Waals surface area contributed by atoms with E-state index in [0.29, 0.717) is 0 Å². The highest BCUT2D eigenvalue weighted by Gasteiger charge is 2.12. The van der Waals surface area contributed by atoms with E-state index in [2.05, 4.69) is 45.1 Å². The van der Waals surface area contributed by atoms with Crippen molar-refractivity contribution in [2.45, 2.75) is 20.3 Å². The van der Waals surface area contributed by atoms with Gasteiger partial charge in [-0.1, -0.05) is 6.92 Å². The number of halogens is 1. The molecule has 0 saturated heterocycles. The van der Waals surface area contributed by atoms with Crippen molar-refractivity contribution < 1.29 is 0 Å². The minimum atomic E-state index is 0.968. The van der Waals surface area contributed by atoms with Crippen LogP contribution in [0.3, 0.4) is 0 Å². The minimum absolute atomic E-state index is 0.968. The van der Waals surface area contributed by atoms with Gasteiger partial charge in [0.05, 0.1) is 29.5 Å². The number of rotatable bonds is 1. The molecule has 0 bridgehead atoms. The molecule has 0 aliphatic carbocycles. The molecule has 0 amide bonds. The summed E-state index contributed by atoms with van der Waals surface area (Å²) in [6.07, 6.45) is 1.12. The number of hydrogen-bond donors (Lipinski definition) is 1. The van der Waals surface area contributed by atoms with Crippen LogP contribution in [0.25, 0.3) is 0 Å². The number of nitrogens with one attached hydrogen (secondary N) is 1. The lowest BCUT2D eigenvalue weighted by Crippen LogP contribution is -2.13. The van der Waals surface area contributed by atoms with Crippen molar-refractivity contribution >= 4 is 22.9 Å². The second kappa shape index (κ2) is 2.77. The predicted octanol–water partition coefficient (Wildman–Crippen LogP) is 1.84. The monoisotopic (exact) mass is 238 g/mol. The molecule has 0 radical (unpaired) electrons. The Labute approximate surface area is 69.8 Å². The third-order valence-corrected chi connectivity index (χ3v) is 2.65. The summed E-state index contributed by atoms with van der Waals surface area (Å²) in [5, 5.41) is 3.30. The maximum atomic E-state index is 3.30. The lowest BCUT2D eigenvalue weighted by Gasteiger charge is -2.05. The third-order valence-electron chi connectivity index (χ3n) is 1.59. The molecular weight excluding hydrogens is 227 g/mol. The van der Waals surface area contributed by atoms with Crippen LogP contribution < -0.4 is 5.32 Å². The molecule has 0 spiro atoms. The Balaban J connectivity index is 2.68. The van der Waals surface area contributed by atoms with E-state index < -0.39 is 0 Å². The maximum Gasteiger partial charge on any atom is 0.0967 e. The van der Waals surface area contributed by atoms with Gasteiger partial charge in [-0.15, -0.1) is 0 Å². The highest BCUT2D eigenvalue weighted by Crippen LogP contribution is 2.19. The largest absolute Gasteiger partial charge is 0.369 e. The second-order valence-corrected chi connectivity index (χ2v) is 3.28. The van der Waals surface area contributed by atoms with E-state index in [9.17, 15) is 0 Å². The van der Waals surface area contributed by atoms with Crippen LogP contribution in [-0.2, 0) is 0 Å². The molecule has 9 heavy (non-hydrogen) atoms. The van der Waals surface area contributed by atoms with Crippen molar-refractivity contribution in [3.8, 4) is 0 Å². The summed E-state index contributed by atoms with van der Waals surface area (Å²) in [5.41, 5.74) is 2.75. The van der Waals surface area contributed by atoms with Crippen molar-refractivity contribution in [3.05, 3.63) is 11.4 Å². The van der Waals surface area contributed by atoms with Gasteiger partial charge in [0.25, 0.3) is 0 Å². The van der Waals surface area contributed by atoms with Gasteiger partial charge in [-0.2, -0.15) is 0 Å². The lowest BCUT2D eigenvalue weighted by atomic mass is 10.3. The third kappa shape index (κ3) is 1.31. The van der Waals surface area contributed by atoms with Crippen LogP contribution in [0, 0.1) is 0 Å². The Morgan fingerprint density at radius 1 is 1.78 bits per heavy atom. The first kappa shape index (κ1) is 7.18. The summed E-state index contributed by atoms with van der Waals surface area (Å²) in [7, 11) is 0. The van der Waals surface area contributed by atoms with Crippen LogP contribution >= 0.6 is 22.9 Å². The molecule has 1 aliphatic heterocycles. The average molecular weight is 238 g/mol. The summed E-state index contributed by atoms with van der Waals surface area (Å²) in [5.74, 6) is 0. The van der Waals surface area contributed by atoms with Crippen molar-refractivity contribution in [2.24, 2.45) is 0 Å². The molecule has 0 aromatic carbocycles. The topological polar surface area (TPSA) is 15.3 Å². The molecule has 1 N–H and O–H groups in total. The van der Waals surface area contributed by atoms with Gasteiger partial charge in [0.2, 0.25) is 0 Å². The summed E-state index contributed by atoms with van der Waals surface area (Å²) < 4.78 is 2.19. The van der Waals surface area contributed by atoms with Crippen LogP contribution in [0.4, 0.5) is 0 Å². The van der Waals surface area contributed by atoms with E-state index in [1.165, 1.54) is 11.4 Å². The zero-order valence-corrected chi connectivity index (χ0v) is 7.90. The normalized spacial score (nSPS) is 18.8. The fourth-order valence-corrected chi connectivity index (χ4v) is 1.40. The highest BCUT2D eigenvalue weighted by molar-refractivity contribution is 14.1. The number of nitrogens with zero attached hydrogens (tertiary/aromatic N) is 1. The highest BCUT2D eigenvalue weighted by atomic mass is 127. The molecule has 0 saturated carbocycles. The Bertz CT molecular complexity index is 142. The molecule has 1 heterocycles. The van der Waals surface area contributed by atoms with E-state index in [0.717, 1.165) is 13.1 Å². The Morgan fingerprint density at radius 2 is 2.44 bits per heavy atom. The minimum Gasteiger partial charge on any atom is -0.369 e. The van der Waals surface area contributed by atoms with Crippen molar-refractivity contribution in [1.29, 1.82) is 0 Å². The number of allylic oxidation sites excluding steroid dienone is 2. The van der Waals surface area contributed by atoms with Crippen molar-refractivity contribution in [2.75, 3.05) is 6.67 Å². The van der Waals surface area contributed by atoms with E-state index >= 15 is 0 Å². The fourth-order valence-electron chi connectivity index (χ4n) is 0.939. The van der Waals surface area contributed by atoms with E-state index in [1.807, 2.05) is 0 Å². The smallest absolute Gasteiger partial charge is 0.0967 e. The molecular formula is C6H11IN2. The van der Waals surface area contributed by atoms with Crippen molar-refractivity contribution in [3.63, 3.8) is 0 Å². The Morgan fingerprint density at radius 3 is 2.67 bits per heavy atom. The van der Waals surface area contributed by atoms with Crippen LogP contribution in [0.15, 0.2) is 11.4 Å². The van der Waals surface area contributed by atoms with Gasteiger partial charge in [-0.3, -0.25) is 3.11 Å². The Kier molecular flexibility index (Phi) is 2.21. The van der Waals surface area contributed by atoms with Gasteiger partial charge >= 0.3 is 0 Å². The molecule has 0 aromatic heterocycles. The molecule has 3 heteroatoms. The van der Waals surface area contributed by atoms with Gasteiger partial charge in [0.1, 0.15) is 0 Å². The van der Waals surface area contributed by atoms with Crippen LogP contribution in [0.5, 0.6) is 0 Å². The van der Waals surface area contributed by atoms with Gasteiger partial charge in [-0.25, -0.2) is 0 Å². The number of hydrogen-bond acceptors (Lipinski definition) is 2. The first-order chi connectivity index (χ1) is 4.25. The molecule has 0 atom stereocenters. The average Bonchev–Trinajstić information content (AvgIpc) is 2.15. The molecule has 52 valence electrons. The molecule has 0 aromatic rings. The summed E-state index contributed by atoms with van der Waals surface area (Å²) in [6.45, 7) is 5.28. The predicted molar refractivity (Wildman–Crippen MR) is 46.9 cm³/mol. The van der Waals surface area contributed by atoms with E-state index in [4.69, 9.17) is 0 Å². The zero-order valence-electron chi connectivity index (χ0n) is 5.74. The van der Waals surface area contributed by atoms with Gasteiger partial charge in [-0.05, 0) is 13.3 Å². The standard InChI is InChI=1S/C6H11IN2/c1-3-6-5(2)9(7)4-8-6/h8H,3-4H2,1-2H3. The van der Waals surface area contributed by atoms with Gasteiger partial charge in [0, 0.05) is 11.4 Å². The molecule has 1 rings (SSSR count). The SMILES string of the molecule is CCC1=C(C)N(I)CN1. The fraction of sp³-hybridized carbons (Fsp3) is 0.667. The summed E-state index contributed by atoms with van der Waals surface area (Å²) in [4.78, 5) is 0. The van der Waals surface area contributed by atoms with Crippen molar-refractivity contribution in [1.82, 2.24) is 8.43 Å². The summed E-state index contributed by atoms with van der Waals surface area (Å²) in [6, 6.07) is 0. The first-order valence-corrected chi connectivity index (χ1v) is 4.09. The van der Waals surface area contributed by atoms with Crippen LogP contribution in [-0.4, -0.2) is 9.78 Å². The first-order valence-electron chi connectivity index (χ1n) is 3.12. The Hall–Kier alpha value is 0.0700. The second-order valence-electron chi connectivity index (χ2n) is 2.11. The molecule has 2 nitrogen and oxygen atoms in total. The molecule has 0 fully saturated rings. The van der Waals surface area contributed by atoms with E-state index in [1.54, 1.807) is 0 Å². The van der Waals surface area contributed by atoms with Gasteiger partial charge in [0.15, 0.2) is 0 Å². The molecule has 0 unspecified atom stereocenters. The maximum absolute atomic E-state index is 3.30.